The van der Waals surface area contributed by atoms with Gasteiger partial charge in [-0.15, -0.1) is 12.4 Å². The predicted molar refractivity (Wildman–Crippen MR) is 30.7 cm³/mol. The van der Waals surface area contributed by atoms with Gasteiger partial charge in [-0.05, 0) is 0 Å². The first-order valence-electron chi connectivity index (χ1n) is 2.07. The molecule has 0 aromatic heterocycles. The molecular weight excluding hydrogens is 131 g/mol. The highest BCUT2D eigenvalue weighted by Crippen LogP contribution is 1.79. The fourth-order valence-electron chi connectivity index (χ4n) is 0.174. The molecule has 0 amide bonds. The summed E-state index contributed by atoms with van der Waals surface area (Å²) < 4.78 is 4.11. The van der Waals surface area contributed by atoms with Crippen LogP contribution in [0, 0.1) is 0 Å². The van der Waals surface area contributed by atoms with Gasteiger partial charge in [0.05, 0.1) is 0 Å². The van der Waals surface area contributed by atoms with Gasteiger partial charge < -0.3 is 9.84 Å². The zero-order valence-corrected chi connectivity index (χ0v) is 5.40. The van der Waals surface area contributed by atoms with Gasteiger partial charge in [0.2, 0.25) is 0 Å². The van der Waals surface area contributed by atoms with E-state index in [1.807, 2.05) is 0 Å². The van der Waals surface area contributed by atoms with E-state index in [-0.39, 0.29) is 18.4 Å². The van der Waals surface area contributed by atoms with E-state index in [0.717, 1.165) is 0 Å². The molecule has 0 aliphatic heterocycles. The Morgan fingerprint density at radius 1 is 1.75 bits per heavy atom. The van der Waals surface area contributed by atoms with E-state index in [9.17, 15) is 4.79 Å². The smallest absolute Gasteiger partial charge is 0.307 e. The normalized spacial score (nSPS) is 7.25. The van der Waals surface area contributed by atoms with Crippen molar-refractivity contribution in [3.05, 3.63) is 0 Å². The lowest BCUT2D eigenvalue weighted by Gasteiger charge is -1.92. The summed E-state index contributed by atoms with van der Waals surface area (Å²) in [5.74, 6) is -0.373. The molecule has 0 rings (SSSR count). The fourth-order valence-corrected chi connectivity index (χ4v) is 0.174. The van der Waals surface area contributed by atoms with Crippen molar-refractivity contribution < 1.29 is 14.6 Å². The Balaban J connectivity index is 0. The number of hydrogen-bond donors (Lipinski definition) is 1. The molecule has 0 heterocycles. The Morgan fingerprint density at radius 3 is 2.38 bits per heavy atom. The number of halogens is 1. The lowest BCUT2D eigenvalue weighted by molar-refractivity contribution is -0.151. The van der Waals surface area contributed by atoms with E-state index in [2.05, 4.69) is 4.74 Å². The van der Waals surface area contributed by atoms with Crippen LogP contribution in [0.5, 0.6) is 0 Å². The van der Waals surface area contributed by atoms with Gasteiger partial charge in [0.15, 0.2) is 6.79 Å². The zero-order chi connectivity index (χ0) is 5.70. The van der Waals surface area contributed by atoms with Gasteiger partial charge in [0.1, 0.15) is 0 Å². The summed E-state index contributed by atoms with van der Waals surface area (Å²) in [6, 6.07) is 0. The van der Waals surface area contributed by atoms with E-state index in [0.29, 0.717) is 6.42 Å². The first kappa shape index (κ1) is 10.7. The Kier molecular flexibility index (Phi) is 8.95. The van der Waals surface area contributed by atoms with Crippen molar-refractivity contribution in [2.45, 2.75) is 13.3 Å². The third-order valence-corrected chi connectivity index (χ3v) is 0.514. The Morgan fingerprint density at radius 2 is 2.25 bits per heavy atom. The third-order valence-electron chi connectivity index (χ3n) is 0.514. The maximum absolute atomic E-state index is 10.0. The van der Waals surface area contributed by atoms with Crippen molar-refractivity contribution in [3.63, 3.8) is 0 Å². The lowest BCUT2D eigenvalue weighted by Crippen LogP contribution is -2.01. The molecule has 0 bridgehead atoms. The maximum Gasteiger partial charge on any atom is 0.307 e. The summed E-state index contributed by atoms with van der Waals surface area (Å²) in [5, 5.41) is 7.92. The van der Waals surface area contributed by atoms with Gasteiger partial charge in [0, 0.05) is 6.42 Å². The van der Waals surface area contributed by atoms with Crippen molar-refractivity contribution in [2.24, 2.45) is 0 Å². The summed E-state index contributed by atoms with van der Waals surface area (Å²) in [6.07, 6.45) is 0.320. The van der Waals surface area contributed by atoms with Crippen LogP contribution in [0.2, 0.25) is 0 Å². The minimum Gasteiger partial charge on any atom is -0.439 e. The van der Waals surface area contributed by atoms with E-state index < -0.39 is 6.79 Å². The van der Waals surface area contributed by atoms with Crippen LogP contribution < -0.4 is 0 Å². The van der Waals surface area contributed by atoms with Crippen molar-refractivity contribution >= 4 is 18.4 Å². The number of carbonyl (C=O) groups is 1. The number of aliphatic hydroxyl groups is 1. The molecule has 0 fully saturated rings. The van der Waals surface area contributed by atoms with Gasteiger partial charge in [-0.2, -0.15) is 0 Å². The molecule has 0 saturated heterocycles. The average molecular weight is 141 g/mol. The predicted octanol–water partition coefficient (Wildman–Crippen LogP) is 0.311. The highest BCUT2D eigenvalue weighted by molar-refractivity contribution is 5.85. The molecule has 0 radical (unpaired) electrons. The molecule has 0 unspecified atom stereocenters. The molecule has 8 heavy (non-hydrogen) atoms. The highest BCUT2D eigenvalue weighted by atomic mass is 35.5. The monoisotopic (exact) mass is 140 g/mol. The van der Waals surface area contributed by atoms with E-state index in [1.165, 1.54) is 0 Å². The molecule has 0 aliphatic rings. The summed E-state index contributed by atoms with van der Waals surface area (Å²) in [4.78, 5) is 10.0. The quantitative estimate of drug-likeness (QED) is 0.444. The molecule has 1 N–H and O–H groups in total. The zero-order valence-electron chi connectivity index (χ0n) is 4.59. The van der Waals surface area contributed by atoms with Crippen LogP contribution in [0.25, 0.3) is 0 Å². The number of carbonyl (C=O) groups excluding carboxylic acids is 1. The summed E-state index contributed by atoms with van der Waals surface area (Å²) in [7, 11) is 0. The second-order valence-corrected chi connectivity index (χ2v) is 0.999. The first-order chi connectivity index (χ1) is 3.31. The molecule has 4 heteroatoms. The Labute approximate surface area is 54.1 Å². The standard InChI is InChI=1S/C4H8O3.ClH/c1-2-4(6)7-3-5;/h5H,2-3H2,1H3;1H. The van der Waals surface area contributed by atoms with Gasteiger partial charge in [-0.1, -0.05) is 6.92 Å². The van der Waals surface area contributed by atoms with E-state index in [4.69, 9.17) is 5.11 Å². The number of esters is 1. The molecule has 0 atom stereocenters. The minimum atomic E-state index is -0.507. The molecule has 0 aromatic rings. The van der Waals surface area contributed by atoms with Crippen LogP contribution in [0.3, 0.4) is 0 Å². The summed E-state index contributed by atoms with van der Waals surface area (Å²) >= 11 is 0. The van der Waals surface area contributed by atoms with Crippen LogP contribution in [-0.4, -0.2) is 17.9 Å². The number of aliphatic hydroxyl groups excluding tert-OH is 1. The molecule has 0 aromatic carbocycles. The number of hydrogen-bond acceptors (Lipinski definition) is 3. The third kappa shape index (κ3) is 5.72. The van der Waals surface area contributed by atoms with Crippen molar-refractivity contribution in [3.8, 4) is 0 Å². The van der Waals surface area contributed by atoms with Crippen LogP contribution in [0.4, 0.5) is 0 Å². The van der Waals surface area contributed by atoms with Crippen LogP contribution >= 0.6 is 12.4 Å². The van der Waals surface area contributed by atoms with Gasteiger partial charge >= 0.3 is 5.97 Å². The highest BCUT2D eigenvalue weighted by Gasteiger charge is 1.91. The second-order valence-electron chi connectivity index (χ2n) is 0.999. The van der Waals surface area contributed by atoms with Crippen LogP contribution in [0.15, 0.2) is 0 Å². The van der Waals surface area contributed by atoms with E-state index >= 15 is 0 Å². The summed E-state index contributed by atoms with van der Waals surface area (Å²) in [6.45, 7) is 1.16. The minimum absolute atomic E-state index is 0. The topological polar surface area (TPSA) is 46.5 Å². The lowest BCUT2D eigenvalue weighted by atomic mass is 10.5. The molecule has 0 saturated carbocycles. The van der Waals surface area contributed by atoms with Crippen LogP contribution in [-0.2, 0) is 9.53 Å². The summed E-state index contributed by atoms with van der Waals surface area (Å²) in [5.41, 5.74) is 0. The Bertz CT molecular complexity index is 64.3. The first-order valence-corrected chi connectivity index (χ1v) is 2.07. The molecular formula is C4H9ClO3. The molecule has 3 nitrogen and oxygen atoms in total. The van der Waals surface area contributed by atoms with Crippen molar-refractivity contribution in [1.29, 1.82) is 0 Å². The van der Waals surface area contributed by atoms with Gasteiger partial charge in [-0.3, -0.25) is 4.79 Å². The average Bonchev–Trinajstić information content (AvgIpc) is 1.68. The molecule has 0 spiro atoms. The second kappa shape index (κ2) is 6.72. The van der Waals surface area contributed by atoms with Crippen molar-refractivity contribution in [2.75, 3.05) is 6.79 Å². The van der Waals surface area contributed by atoms with Gasteiger partial charge in [0.25, 0.3) is 0 Å². The maximum atomic E-state index is 10.0. The van der Waals surface area contributed by atoms with Gasteiger partial charge in [-0.25, -0.2) is 0 Å². The number of ether oxygens (including phenoxy) is 1. The Hall–Kier alpha value is -0.280. The largest absolute Gasteiger partial charge is 0.439 e. The fraction of sp³-hybridized carbons (Fsp3) is 0.750. The SMILES string of the molecule is CCC(=O)OCO.Cl. The van der Waals surface area contributed by atoms with Crippen molar-refractivity contribution in [1.82, 2.24) is 0 Å². The molecule has 0 aliphatic carbocycles. The van der Waals surface area contributed by atoms with Crippen LogP contribution in [0.1, 0.15) is 13.3 Å². The van der Waals surface area contributed by atoms with E-state index in [1.54, 1.807) is 6.92 Å². The molecule has 50 valence electrons. The number of rotatable bonds is 2.